The van der Waals surface area contributed by atoms with Gasteiger partial charge in [-0.15, -0.1) is 11.8 Å². The molecule has 0 saturated heterocycles. The number of hydrogen-bond donors (Lipinski definition) is 1. The number of amides is 1. The van der Waals surface area contributed by atoms with Crippen LogP contribution in [0.1, 0.15) is 15.9 Å². The van der Waals surface area contributed by atoms with Gasteiger partial charge in [-0.3, -0.25) is 4.79 Å². The molecule has 0 aliphatic rings. The minimum Gasteiger partial charge on any atom is -0.452 e. The predicted octanol–water partition coefficient (Wildman–Crippen LogP) is 4.17. The molecule has 120 valence electrons. The van der Waals surface area contributed by atoms with E-state index in [0.717, 1.165) is 10.5 Å². The van der Waals surface area contributed by atoms with Crippen molar-refractivity contribution in [2.75, 3.05) is 18.2 Å². The van der Waals surface area contributed by atoms with Crippen LogP contribution in [0, 0.1) is 6.92 Å². The van der Waals surface area contributed by atoms with Crippen LogP contribution in [0.3, 0.4) is 0 Å². The Morgan fingerprint density at radius 1 is 1.17 bits per heavy atom. The van der Waals surface area contributed by atoms with E-state index in [1.807, 2.05) is 31.4 Å². The van der Waals surface area contributed by atoms with Crippen LogP contribution in [-0.2, 0) is 9.53 Å². The zero-order valence-corrected chi connectivity index (χ0v) is 14.3. The number of nitrogens with one attached hydrogen (secondary N) is 1. The Morgan fingerprint density at radius 2 is 1.87 bits per heavy atom. The molecule has 1 amide bonds. The van der Waals surface area contributed by atoms with Gasteiger partial charge in [0.05, 0.1) is 16.3 Å². The second-order valence-electron chi connectivity index (χ2n) is 4.84. The minimum atomic E-state index is -0.539. The molecule has 0 saturated carbocycles. The van der Waals surface area contributed by atoms with Crippen molar-refractivity contribution in [3.8, 4) is 0 Å². The molecule has 6 heteroatoms. The average molecular weight is 350 g/mol. The number of carbonyl (C=O) groups is 2. The summed E-state index contributed by atoms with van der Waals surface area (Å²) < 4.78 is 5.00. The van der Waals surface area contributed by atoms with Crippen molar-refractivity contribution in [2.24, 2.45) is 0 Å². The molecule has 0 aromatic heterocycles. The highest BCUT2D eigenvalue weighted by Crippen LogP contribution is 2.22. The second kappa shape index (κ2) is 8.04. The van der Waals surface area contributed by atoms with Gasteiger partial charge in [0.2, 0.25) is 0 Å². The van der Waals surface area contributed by atoms with Crippen LogP contribution < -0.4 is 5.32 Å². The van der Waals surface area contributed by atoms with Gasteiger partial charge < -0.3 is 10.1 Å². The van der Waals surface area contributed by atoms with Crippen LogP contribution in [0.5, 0.6) is 0 Å². The molecule has 0 aliphatic carbocycles. The van der Waals surface area contributed by atoms with Crippen LogP contribution in [0.2, 0.25) is 5.02 Å². The first-order valence-corrected chi connectivity index (χ1v) is 8.47. The fourth-order valence-electron chi connectivity index (χ4n) is 1.85. The number of anilines is 1. The van der Waals surface area contributed by atoms with E-state index in [4.69, 9.17) is 16.3 Å². The third-order valence-electron chi connectivity index (χ3n) is 3.06. The van der Waals surface area contributed by atoms with Crippen LogP contribution in [0.4, 0.5) is 5.69 Å². The summed E-state index contributed by atoms with van der Waals surface area (Å²) in [6.45, 7) is 1.54. The number of ether oxygens (including phenoxy) is 1. The maximum Gasteiger partial charge on any atom is 0.338 e. The maximum absolute atomic E-state index is 11.9. The quantitative estimate of drug-likeness (QED) is 0.650. The summed E-state index contributed by atoms with van der Waals surface area (Å²) in [5.74, 6) is -0.979. The standard InChI is InChI=1S/C17H16ClNO3S/c1-11-3-8-15(14(18)9-11)19-16(20)10-22-17(21)12-4-6-13(23-2)7-5-12/h3-9H,10H2,1-2H3,(H,19,20). The van der Waals surface area contributed by atoms with Crippen molar-refractivity contribution in [1.29, 1.82) is 0 Å². The zero-order valence-electron chi connectivity index (χ0n) is 12.8. The fraction of sp³-hybridized carbons (Fsp3) is 0.176. The second-order valence-corrected chi connectivity index (χ2v) is 6.12. The largest absolute Gasteiger partial charge is 0.452 e. The third kappa shape index (κ3) is 5.01. The Hall–Kier alpha value is -1.98. The molecule has 0 heterocycles. The molecule has 4 nitrogen and oxygen atoms in total. The van der Waals surface area contributed by atoms with E-state index < -0.39 is 11.9 Å². The van der Waals surface area contributed by atoms with Gasteiger partial charge in [0.1, 0.15) is 0 Å². The summed E-state index contributed by atoms with van der Waals surface area (Å²) in [6.07, 6.45) is 1.95. The zero-order chi connectivity index (χ0) is 16.8. The summed E-state index contributed by atoms with van der Waals surface area (Å²) in [5.41, 5.74) is 1.89. The van der Waals surface area contributed by atoms with Gasteiger partial charge in [0.15, 0.2) is 6.61 Å². The number of carbonyl (C=O) groups excluding carboxylic acids is 2. The number of rotatable bonds is 5. The third-order valence-corrected chi connectivity index (χ3v) is 4.12. The van der Waals surface area contributed by atoms with Crippen molar-refractivity contribution in [2.45, 2.75) is 11.8 Å². The van der Waals surface area contributed by atoms with Gasteiger partial charge in [-0.25, -0.2) is 4.79 Å². The summed E-state index contributed by atoms with van der Waals surface area (Å²) >= 11 is 7.62. The Balaban J connectivity index is 1.89. The van der Waals surface area contributed by atoms with E-state index in [1.54, 1.807) is 36.0 Å². The summed E-state index contributed by atoms with van der Waals surface area (Å²) in [4.78, 5) is 24.8. The topological polar surface area (TPSA) is 55.4 Å². The highest BCUT2D eigenvalue weighted by molar-refractivity contribution is 7.98. The van der Waals surface area contributed by atoms with Crippen LogP contribution in [0.15, 0.2) is 47.4 Å². The fourth-order valence-corrected chi connectivity index (χ4v) is 2.54. The smallest absolute Gasteiger partial charge is 0.338 e. The lowest BCUT2D eigenvalue weighted by molar-refractivity contribution is -0.119. The number of benzene rings is 2. The minimum absolute atomic E-state index is 0.368. The number of halogens is 1. The monoisotopic (exact) mass is 349 g/mol. The Bertz CT molecular complexity index is 716. The molecule has 2 rings (SSSR count). The summed E-state index contributed by atoms with van der Waals surface area (Å²) in [6, 6.07) is 12.3. The maximum atomic E-state index is 11.9. The van der Waals surface area contributed by atoms with Gasteiger partial charge in [-0.2, -0.15) is 0 Å². The van der Waals surface area contributed by atoms with Gasteiger partial charge in [0.25, 0.3) is 5.91 Å². The van der Waals surface area contributed by atoms with Crippen molar-refractivity contribution in [3.63, 3.8) is 0 Å². The van der Waals surface area contributed by atoms with Gasteiger partial charge in [0, 0.05) is 4.90 Å². The molecule has 2 aromatic rings. The van der Waals surface area contributed by atoms with Gasteiger partial charge >= 0.3 is 5.97 Å². The van der Waals surface area contributed by atoms with Gasteiger partial charge in [-0.05, 0) is 55.1 Å². The Labute approximate surface area is 144 Å². The molecule has 0 radical (unpaired) electrons. The van der Waals surface area contributed by atoms with Gasteiger partial charge in [-0.1, -0.05) is 17.7 Å². The SMILES string of the molecule is CSc1ccc(C(=O)OCC(=O)Nc2ccc(C)cc2Cl)cc1. The first-order chi connectivity index (χ1) is 11.0. The Morgan fingerprint density at radius 3 is 2.48 bits per heavy atom. The van der Waals surface area contributed by atoms with Crippen molar-refractivity contribution in [1.82, 2.24) is 0 Å². The lowest BCUT2D eigenvalue weighted by Gasteiger charge is -2.09. The summed E-state index contributed by atoms with van der Waals surface area (Å²) in [5, 5.41) is 3.05. The van der Waals surface area contributed by atoms with Crippen LogP contribution in [-0.4, -0.2) is 24.7 Å². The molecular formula is C17H16ClNO3S. The molecule has 0 spiro atoms. The summed E-state index contributed by atoms with van der Waals surface area (Å²) in [7, 11) is 0. The molecule has 0 fully saturated rings. The van der Waals surface area contributed by atoms with E-state index in [0.29, 0.717) is 16.3 Å². The molecule has 0 aliphatic heterocycles. The molecule has 23 heavy (non-hydrogen) atoms. The van der Waals surface area contributed by atoms with Crippen molar-refractivity contribution >= 4 is 40.9 Å². The molecule has 1 N–H and O–H groups in total. The van der Waals surface area contributed by atoms with Crippen LogP contribution in [0.25, 0.3) is 0 Å². The lowest BCUT2D eigenvalue weighted by atomic mass is 10.2. The van der Waals surface area contributed by atoms with E-state index in [1.165, 1.54) is 0 Å². The first-order valence-electron chi connectivity index (χ1n) is 6.87. The van der Waals surface area contributed by atoms with Crippen LogP contribution >= 0.6 is 23.4 Å². The highest BCUT2D eigenvalue weighted by Gasteiger charge is 2.11. The first kappa shape index (κ1) is 17.4. The van der Waals surface area contributed by atoms with E-state index >= 15 is 0 Å². The van der Waals surface area contributed by atoms with E-state index in [9.17, 15) is 9.59 Å². The van der Waals surface area contributed by atoms with Crippen molar-refractivity contribution < 1.29 is 14.3 Å². The van der Waals surface area contributed by atoms with E-state index in [-0.39, 0.29) is 6.61 Å². The number of esters is 1. The Kier molecular flexibility index (Phi) is 6.07. The molecular weight excluding hydrogens is 334 g/mol. The number of thioether (sulfide) groups is 1. The molecule has 0 atom stereocenters. The normalized spacial score (nSPS) is 10.2. The van der Waals surface area contributed by atoms with Crippen molar-refractivity contribution in [3.05, 3.63) is 58.6 Å². The average Bonchev–Trinajstić information content (AvgIpc) is 2.55. The number of hydrogen-bond acceptors (Lipinski definition) is 4. The van der Waals surface area contributed by atoms with E-state index in [2.05, 4.69) is 5.32 Å². The molecule has 0 unspecified atom stereocenters. The highest BCUT2D eigenvalue weighted by atomic mass is 35.5. The lowest BCUT2D eigenvalue weighted by Crippen LogP contribution is -2.21. The number of aryl methyl sites for hydroxylation is 1. The molecule has 0 bridgehead atoms. The predicted molar refractivity (Wildman–Crippen MR) is 93.3 cm³/mol. The molecule has 2 aromatic carbocycles.